The lowest BCUT2D eigenvalue weighted by Gasteiger charge is -2.27. The number of aliphatic hydroxyl groups excluding tert-OH is 1. The van der Waals surface area contributed by atoms with Crippen LogP contribution >= 0.6 is 0 Å². The van der Waals surface area contributed by atoms with Crippen molar-refractivity contribution in [3.05, 3.63) is 41.0 Å². The fourth-order valence-electron chi connectivity index (χ4n) is 1.75. The Morgan fingerprint density at radius 2 is 2.33 bits per heavy atom. The molecule has 0 spiro atoms. The molecule has 0 heterocycles. The standard InChI is InChI=1S/C13H16O2/c1-9(2)6-7-15-12-5-3-4-10-8-11(14)13(10)12/h3-6,11,14H,7-8H2,1-2H3. The second-order valence-corrected chi connectivity index (χ2v) is 4.14. The van der Waals surface area contributed by atoms with Gasteiger partial charge in [0, 0.05) is 12.0 Å². The van der Waals surface area contributed by atoms with E-state index in [1.807, 2.05) is 38.1 Å². The van der Waals surface area contributed by atoms with E-state index in [1.165, 1.54) is 11.1 Å². The van der Waals surface area contributed by atoms with Gasteiger partial charge in [-0.05, 0) is 31.6 Å². The van der Waals surface area contributed by atoms with Crippen molar-refractivity contribution in [3.8, 4) is 5.75 Å². The molecule has 15 heavy (non-hydrogen) atoms. The van der Waals surface area contributed by atoms with Crippen molar-refractivity contribution in [2.24, 2.45) is 0 Å². The lowest BCUT2D eigenvalue weighted by atomic mass is 9.85. The lowest BCUT2D eigenvalue weighted by Crippen LogP contribution is -2.18. The molecule has 1 aliphatic carbocycles. The summed E-state index contributed by atoms with van der Waals surface area (Å²) in [5, 5.41) is 9.59. The predicted molar refractivity (Wildman–Crippen MR) is 60.0 cm³/mol. The number of hydrogen-bond donors (Lipinski definition) is 1. The van der Waals surface area contributed by atoms with Gasteiger partial charge in [0.05, 0.1) is 6.10 Å². The minimum absolute atomic E-state index is 0.331. The van der Waals surface area contributed by atoms with Gasteiger partial charge in [-0.1, -0.05) is 17.7 Å². The van der Waals surface area contributed by atoms with E-state index < -0.39 is 0 Å². The highest BCUT2D eigenvalue weighted by Gasteiger charge is 2.27. The Bertz CT molecular complexity index is 390. The van der Waals surface area contributed by atoms with Gasteiger partial charge in [-0.2, -0.15) is 0 Å². The van der Waals surface area contributed by atoms with Crippen molar-refractivity contribution < 1.29 is 9.84 Å². The molecule has 0 fully saturated rings. The molecule has 0 aliphatic heterocycles. The normalized spacial score (nSPS) is 17.7. The highest BCUT2D eigenvalue weighted by molar-refractivity contribution is 5.48. The number of ether oxygens (including phenoxy) is 1. The summed E-state index contributed by atoms with van der Waals surface area (Å²) in [5.41, 5.74) is 3.42. The first kappa shape index (κ1) is 10.2. The van der Waals surface area contributed by atoms with Gasteiger partial charge in [0.15, 0.2) is 0 Å². The number of hydrogen-bond acceptors (Lipinski definition) is 2. The second kappa shape index (κ2) is 4.07. The van der Waals surface area contributed by atoms with E-state index in [0.29, 0.717) is 6.61 Å². The predicted octanol–water partition coefficient (Wildman–Crippen LogP) is 2.62. The molecule has 0 bridgehead atoms. The van der Waals surface area contributed by atoms with Crippen molar-refractivity contribution >= 4 is 0 Å². The Kier molecular flexibility index (Phi) is 2.78. The number of fused-ring (bicyclic) bond motifs is 1. The summed E-state index contributed by atoms with van der Waals surface area (Å²) < 4.78 is 5.61. The molecule has 0 saturated heterocycles. The van der Waals surface area contributed by atoms with E-state index in [2.05, 4.69) is 0 Å². The van der Waals surface area contributed by atoms with Crippen LogP contribution in [0.1, 0.15) is 31.1 Å². The van der Waals surface area contributed by atoms with Crippen LogP contribution in [0.4, 0.5) is 0 Å². The van der Waals surface area contributed by atoms with E-state index >= 15 is 0 Å². The number of aliphatic hydroxyl groups is 1. The Balaban J connectivity index is 2.09. The molecule has 2 nitrogen and oxygen atoms in total. The molecule has 0 radical (unpaired) electrons. The second-order valence-electron chi connectivity index (χ2n) is 4.14. The molecular formula is C13H16O2. The Hall–Kier alpha value is -1.28. The monoisotopic (exact) mass is 204 g/mol. The average molecular weight is 204 g/mol. The zero-order chi connectivity index (χ0) is 10.8. The van der Waals surface area contributed by atoms with Crippen LogP contribution < -0.4 is 4.74 Å². The van der Waals surface area contributed by atoms with Gasteiger partial charge < -0.3 is 9.84 Å². The molecule has 0 amide bonds. The SMILES string of the molecule is CC(C)=CCOc1cccc2c1C(O)C2. The van der Waals surface area contributed by atoms with Crippen molar-refractivity contribution in [1.82, 2.24) is 0 Å². The summed E-state index contributed by atoms with van der Waals surface area (Å²) >= 11 is 0. The van der Waals surface area contributed by atoms with Crippen LogP contribution in [0.2, 0.25) is 0 Å². The van der Waals surface area contributed by atoms with Crippen LogP contribution in [0.5, 0.6) is 5.75 Å². The molecule has 1 unspecified atom stereocenters. The molecule has 0 aromatic heterocycles. The maximum atomic E-state index is 9.59. The molecular weight excluding hydrogens is 188 g/mol. The summed E-state index contributed by atoms with van der Waals surface area (Å²) in [6.07, 6.45) is 2.46. The Labute approximate surface area is 90.2 Å². The van der Waals surface area contributed by atoms with Crippen LogP contribution in [0.3, 0.4) is 0 Å². The van der Waals surface area contributed by atoms with Gasteiger partial charge in [-0.15, -0.1) is 0 Å². The molecule has 1 aromatic carbocycles. The number of rotatable bonds is 3. The summed E-state index contributed by atoms with van der Waals surface area (Å²) in [7, 11) is 0. The summed E-state index contributed by atoms with van der Waals surface area (Å²) in [6, 6.07) is 5.93. The highest BCUT2D eigenvalue weighted by Crippen LogP contribution is 2.39. The van der Waals surface area contributed by atoms with Crippen LogP contribution in [-0.4, -0.2) is 11.7 Å². The molecule has 1 aromatic rings. The molecule has 2 heteroatoms. The van der Waals surface area contributed by atoms with Gasteiger partial charge in [0.2, 0.25) is 0 Å². The van der Waals surface area contributed by atoms with Gasteiger partial charge in [-0.3, -0.25) is 0 Å². The zero-order valence-corrected chi connectivity index (χ0v) is 9.16. The van der Waals surface area contributed by atoms with E-state index in [4.69, 9.17) is 4.74 Å². The highest BCUT2D eigenvalue weighted by atomic mass is 16.5. The van der Waals surface area contributed by atoms with Crippen molar-refractivity contribution in [2.45, 2.75) is 26.4 Å². The first-order valence-corrected chi connectivity index (χ1v) is 5.24. The quantitative estimate of drug-likeness (QED) is 0.767. The summed E-state index contributed by atoms with van der Waals surface area (Å²) in [6.45, 7) is 4.66. The fraction of sp³-hybridized carbons (Fsp3) is 0.385. The van der Waals surface area contributed by atoms with E-state index in [9.17, 15) is 5.11 Å². The maximum absolute atomic E-state index is 9.59. The van der Waals surface area contributed by atoms with E-state index in [1.54, 1.807) is 0 Å². The minimum Gasteiger partial charge on any atom is -0.489 e. The molecule has 80 valence electrons. The summed E-state index contributed by atoms with van der Waals surface area (Å²) in [5.74, 6) is 0.823. The van der Waals surface area contributed by atoms with Crippen LogP contribution in [0.15, 0.2) is 29.8 Å². The molecule has 0 saturated carbocycles. The lowest BCUT2D eigenvalue weighted by molar-refractivity contribution is 0.147. The topological polar surface area (TPSA) is 29.5 Å². The van der Waals surface area contributed by atoms with Crippen LogP contribution in [0.25, 0.3) is 0 Å². The minimum atomic E-state index is -0.331. The van der Waals surface area contributed by atoms with Gasteiger partial charge in [0.25, 0.3) is 0 Å². The third-order valence-corrected chi connectivity index (χ3v) is 2.63. The molecule has 1 atom stereocenters. The third-order valence-electron chi connectivity index (χ3n) is 2.63. The van der Waals surface area contributed by atoms with E-state index in [-0.39, 0.29) is 6.10 Å². The third kappa shape index (κ3) is 2.05. The Morgan fingerprint density at radius 3 is 3.00 bits per heavy atom. The van der Waals surface area contributed by atoms with Crippen molar-refractivity contribution in [3.63, 3.8) is 0 Å². The van der Waals surface area contributed by atoms with E-state index in [0.717, 1.165) is 17.7 Å². The first-order valence-electron chi connectivity index (χ1n) is 5.24. The average Bonchev–Trinajstić information content (AvgIpc) is 2.15. The van der Waals surface area contributed by atoms with Crippen molar-refractivity contribution in [2.75, 3.05) is 6.61 Å². The fourth-order valence-corrected chi connectivity index (χ4v) is 1.75. The molecule has 2 rings (SSSR count). The number of allylic oxidation sites excluding steroid dienone is 1. The van der Waals surface area contributed by atoms with Crippen LogP contribution in [0, 0.1) is 0 Å². The van der Waals surface area contributed by atoms with Gasteiger partial charge in [-0.25, -0.2) is 0 Å². The smallest absolute Gasteiger partial charge is 0.125 e. The van der Waals surface area contributed by atoms with Crippen LogP contribution in [-0.2, 0) is 6.42 Å². The molecule has 1 aliphatic rings. The Morgan fingerprint density at radius 1 is 1.53 bits per heavy atom. The largest absolute Gasteiger partial charge is 0.489 e. The van der Waals surface area contributed by atoms with Gasteiger partial charge >= 0.3 is 0 Å². The van der Waals surface area contributed by atoms with Gasteiger partial charge in [0.1, 0.15) is 12.4 Å². The van der Waals surface area contributed by atoms with Crippen molar-refractivity contribution in [1.29, 1.82) is 0 Å². The number of benzene rings is 1. The summed E-state index contributed by atoms with van der Waals surface area (Å²) in [4.78, 5) is 0. The maximum Gasteiger partial charge on any atom is 0.125 e. The molecule has 1 N–H and O–H groups in total. The zero-order valence-electron chi connectivity index (χ0n) is 9.16. The first-order chi connectivity index (χ1) is 7.18.